The van der Waals surface area contributed by atoms with Crippen molar-refractivity contribution in [2.45, 2.75) is 12.1 Å². The quantitative estimate of drug-likeness (QED) is 0.137. The number of halogens is 8. The van der Waals surface area contributed by atoms with Gasteiger partial charge in [0.05, 0.1) is 34.3 Å². The zero-order chi connectivity index (χ0) is 38.8. The van der Waals surface area contributed by atoms with Gasteiger partial charge in [0.2, 0.25) is 0 Å². The number of H-pyrrole nitrogens is 2. The van der Waals surface area contributed by atoms with Gasteiger partial charge in [0, 0.05) is 55.8 Å². The number of rotatable bonds is 4. The Bertz CT molecular complexity index is 2610. The lowest BCUT2D eigenvalue weighted by Gasteiger charge is -2.20. The van der Waals surface area contributed by atoms with Gasteiger partial charge in [-0.15, -0.1) is 0 Å². The third-order valence-electron chi connectivity index (χ3n) is 10.1. The molecule has 3 aliphatic rings. The maximum atomic E-state index is 15.7. The van der Waals surface area contributed by atoms with Crippen LogP contribution in [0.25, 0.3) is 22.3 Å². The maximum absolute atomic E-state index is 15.7. The van der Waals surface area contributed by atoms with Crippen LogP contribution in [0, 0.1) is 46.5 Å². The van der Waals surface area contributed by atoms with Gasteiger partial charge >= 0.3 is 0 Å². The summed E-state index contributed by atoms with van der Waals surface area (Å²) >= 11 is 0. The molecule has 0 spiro atoms. The predicted molar refractivity (Wildman–Crippen MR) is 195 cm³/mol. The first-order valence-corrected chi connectivity index (χ1v) is 17.4. The first-order chi connectivity index (χ1) is 27.1. The zero-order valence-electron chi connectivity index (χ0n) is 28.7. The van der Waals surface area contributed by atoms with E-state index in [9.17, 15) is 0 Å². The zero-order valence-corrected chi connectivity index (χ0v) is 28.7. The van der Waals surface area contributed by atoms with E-state index in [2.05, 4.69) is 20.6 Å². The van der Waals surface area contributed by atoms with Crippen molar-refractivity contribution in [3.8, 4) is 0 Å². The molecule has 0 radical (unpaired) electrons. The molecule has 56 heavy (non-hydrogen) atoms. The van der Waals surface area contributed by atoms with Gasteiger partial charge in [0.1, 0.15) is 46.5 Å². The van der Waals surface area contributed by atoms with Crippen LogP contribution in [0.1, 0.15) is 33.6 Å². The molecule has 6 aromatic rings. The summed E-state index contributed by atoms with van der Waals surface area (Å²) in [5.74, 6) is -7.39. The highest BCUT2D eigenvalue weighted by molar-refractivity contribution is 5.89. The number of nitrogens with one attached hydrogen (secondary N) is 4. The molecular weight excluding hydrogens is 736 g/mol. The standard InChI is InChI=1S/C44H26F8N4/c45-21-5-1-6-22(46)37(21)41-29-13-15-31(53-29)42(38-23(47)7-2-8-24(38)48)33-17-19-35(55-33)44(40-27(51)11-4-12-28(40)52)36-20-18-34(56-36)43(32-16-14-30(41)54-32)39-25(49)9-3-10-26(39)50/h1-20,29,34,53-56H/b41-30+,42-31+,43-32+,44-36+. The first kappa shape index (κ1) is 34.9. The Hall–Kier alpha value is -6.82. The first-order valence-electron chi connectivity index (χ1n) is 17.4. The Morgan fingerprint density at radius 1 is 0.357 bits per heavy atom. The van der Waals surface area contributed by atoms with Crippen molar-refractivity contribution in [3.05, 3.63) is 224 Å². The minimum absolute atomic E-state index is 0.0324. The lowest BCUT2D eigenvalue weighted by Crippen LogP contribution is -2.33. The highest BCUT2D eigenvalue weighted by Crippen LogP contribution is 2.38. The molecule has 0 aliphatic carbocycles. The van der Waals surface area contributed by atoms with Crippen LogP contribution >= 0.6 is 0 Å². The molecule has 9 rings (SSSR count). The van der Waals surface area contributed by atoms with E-state index in [1.165, 1.54) is 60.7 Å². The van der Waals surface area contributed by atoms with Crippen molar-refractivity contribution in [2.75, 3.05) is 0 Å². The minimum Gasteiger partial charge on any atom is -0.374 e. The Morgan fingerprint density at radius 3 is 1.02 bits per heavy atom. The van der Waals surface area contributed by atoms with Gasteiger partial charge in [-0.05, 0) is 84.9 Å². The second-order valence-electron chi connectivity index (χ2n) is 13.3. The molecule has 2 aromatic heterocycles. The average Bonchev–Trinajstić information content (AvgIpc) is 4.00. The van der Waals surface area contributed by atoms with Crippen LogP contribution in [0.15, 0.2) is 133 Å². The fourth-order valence-electron chi connectivity index (χ4n) is 7.68. The molecule has 5 heterocycles. The minimum atomic E-state index is -1.04. The number of allylic oxidation sites excluding steroid dienone is 2. The Balaban J connectivity index is 1.42. The van der Waals surface area contributed by atoms with E-state index >= 15 is 35.1 Å². The van der Waals surface area contributed by atoms with Crippen LogP contribution in [-0.4, -0.2) is 22.1 Å². The summed E-state index contributed by atoms with van der Waals surface area (Å²) in [5.41, 5.74) is -1.27. The SMILES string of the molecule is Fc1cccc(F)c1/C1=C2\C=CC(N2)/C(c2c(F)cccc2F)=c2/cc/c([nH]2)=C(\c2c(F)cccc2F)C2C=C/C(=C(\c3c(F)cccc3F)c3ccc1[nH]3)N2. The second-order valence-corrected chi connectivity index (χ2v) is 13.3. The number of benzene rings is 4. The molecule has 2 unspecified atom stereocenters. The van der Waals surface area contributed by atoms with Crippen molar-refractivity contribution in [2.24, 2.45) is 0 Å². The van der Waals surface area contributed by atoms with Gasteiger partial charge in [0.25, 0.3) is 0 Å². The largest absolute Gasteiger partial charge is 0.374 e. The van der Waals surface area contributed by atoms with Crippen molar-refractivity contribution in [3.63, 3.8) is 0 Å². The Labute approximate surface area is 313 Å². The van der Waals surface area contributed by atoms with E-state index in [-0.39, 0.29) is 55.8 Å². The topological polar surface area (TPSA) is 55.6 Å². The molecule has 8 bridgehead atoms. The van der Waals surface area contributed by atoms with Crippen LogP contribution in [0.5, 0.6) is 0 Å². The Morgan fingerprint density at radius 2 is 0.679 bits per heavy atom. The normalized spacial score (nSPS) is 22.1. The highest BCUT2D eigenvalue weighted by Gasteiger charge is 2.32. The molecule has 0 fully saturated rings. The summed E-state index contributed by atoms with van der Waals surface area (Å²) in [6.45, 7) is 0. The molecule has 278 valence electrons. The van der Waals surface area contributed by atoms with Crippen LogP contribution in [0.2, 0.25) is 0 Å². The molecule has 2 atom stereocenters. The second kappa shape index (κ2) is 13.5. The number of fused-ring (bicyclic) bond motifs is 8. The van der Waals surface area contributed by atoms with Crippen molar-refractivity contribution >= 4 is 22.3 Å². The molecule has 4 N–H and O–H groups in total. The summed E-state index contributed by atoms with van der Waals surface area (Å²) in [6, 6.07) is 17.2. The van der Waals surface area contributed by atoms with E-state index in [0.717, 1.165) is 48.5 Å². The molecular formula is C44H26F8N4. The van der Waals surface area contributed by atoms with E-state index in [1.807, 2.05) is 0 Å². The lowest BCUT2D eigenvalue weighted by molar-refractivity contribution is 0.573. The molecule has 0 saturated heterocycles. The van der Waals surface area contributed by atoms with E-state index in [0.29, 0.717) is 0 Å². The van der Waals surface area contributed by atoms with Gasteiger partial charge in [-0.3, -0.25) is 0 Å². The summed E-state index contributed by atoms with van der Waals surface area (Å²) < 4.78 is 126. The number of aromatic amines is 2. The molecule has 4 nitrogen and oxygen atoms in total. The van der Waals surface area contributed by atoms with Crippen LogP contribution in [0.3, 0.4) is 0 Å². The summed E-state index contributed by atoms with van der Waals surface area (Å²) in [6.07, 6.45) is 6.10. The van der Waals surface area contributed by atoms with Crippen molar-refractivity contribution in [1.29, 1.82) is 0 Å². The van der Waals surface area contributed by atoms with E-state index < -0.39 is 80.9 Å². The van der Waals surface area contributed by atoms with Crippen LogP contribution in [-0.2, 0) is 0 Å². The Kier molecular flexibility index (Phi) is 8.41. The smallest absolute Gasteiger partial charge is 0.134 e. The third kappa shape index (κ3) is 5.67. The molecule has 0 saturated carbocycles. The van der Waals surface area contributed by atoms with Gasteiger partial charge in [-0.2, -0.15) is 0 Å². The molecule has 4 aromatic carbocycles. The van der Waals surface area contributed by atoms with Gasteiger partial charge in [0.15, 0.2) is 0 Å². The van der Waals surface area contributed by atoms with Gasteiger partial charge < -0.3 is 20.6 Å². The number of hydrogen-bond donors (Lipinski definition) is 4. The van der Waals surface area contributed by atoms with E-state index in [4.69, 9.17) is 0 Å². The monoisotopic (exact) mass is 762 g/mol. The average molecular weight is 763 g/mol. The summed E-state index contributed by atoms with van der Waals surface area (Å²) in [4.78, 5) is 6.22. The number of aromatic nitrogens is 2. The van der Waals surface area contributed by atoms with Crippen molar-refractivity contribution < 1.29 is 35.1 Å². The molecule has 3 aliphatic heterocycles. The molecule has 12 heteroatoms. The predicted octanol–water partition coefficient (Wildman–Crippen LogP) is 8.14. The van der Waals surface area contributed by atoms with Gasteiger partial charge in [-0.1, -0.05) is 36.4 Å². The fourth-order valence-corrected chi connectivity index (χ4v) is 7.68. The van der Waals surface area contributed by atoms with Crippen LogP contribution < -0.4 is 21.3 Å². The van der Waals surface area contributed by atoms with Crippen molar-refractivity contribution in [1.82, 2.24) is 20.6 Å². The fraction of sp³-hybridized carbons (Fsp3) is 0.0455. The van der Waals surface area contributed by atoms with Gasteiger partial charge in [-0.25, -0.2) is 35.1 Å². The highest BCUT2D eigenvalue weighted by atomic mass is 19.2. The molecule has 0 amide bonds. The lowest BCUT2D eigenvalue weighted by atomic mass is 9.97. The van der Waals surface area contributed by atoms with Crippen LogP contribution in [0.4, 0.5) is 35.1 Å². The summed E-state index contributed by atoms with van der Waals surface area (Å²) in [7, 11) is 0. The summed E-state index contributed by atoms with van der Waals surface area (Å²) in [5, 5.41) is 6.62. The van der Waals surface area contributed by atoms with E-state index in [1.54, 1.807) is 12.2 Å². The third-order valence-corrected chi connectivity index (χ3v) is 10.1. The number of hydrogen-bond acceptors (Lipinski definition) is 2. The maximum Gasteiger partial charge on any atom is 0.134 e.